The van der Waals surface area contributed by atoms with Gasteiger partial charge in [-0.25, -0.2) is 0 Å². The first-order valence-electron chi connectivity index (χ1n) is 6.56. The standard InChI is InChI=1S/C12H14.2C2H6/c1-3-10-8-12-6-4-5-11(12)7-9(10)2;2*1-2/h3,7-8H,1,4-6H2,2H3;2*1-2H3. The minimum Gasteiger partial charge on any atom is -0.0985 e. The number of fused-ring (bicyclic) bond motifs is 1. The van der Waals surface area contributed by atoms with Gasteiger partial charge in [0.05, 0.1) is 0 Å². The second-order valence-corrected chi connectivity index (χ2v) is 3.54. The van der Waals surface area contributed by atoms with E-state index in [0.717, 1.165) is 0 Å². The molecule has 0 bridgehead atoms. The van der Waals surface area contributed by atoms with Crippen molar-refractivity contribution in [3.05, 3.63) is 41.0 Å². The van der Waals surface area contributed by atoms with Crippen LogP contribution in [0.1, 0.15) is 56.4 Å². The first kappa shape index (κ1) is 15.0. The first-order valence-corrected chi connectivity index (χ1v) is 6.56. The van der Waals surface area contributed by atoms with Crippen LogP contribution in [-0.4, -0.2) is 0 Å². The lowest BCUT2D eigenvalue weighted by Gasteiger charge is -2.04. The smallest absolute Gasteiger partial charge is 0.0230 e. The van der Waals surface area contributed by atoms with E-state index in [1.54, 1.807) is 5.56 Å². The highest BCUT2D eigenvalue weighted by atomic mass is 14.2. The molecule has 0 fully saturated rings. The molecule has 0 nitrogen and oxygen atoms in total. The number of rotatable bonds is 1. The Morgan fingerprint density at radius 3 is 2.00 bits per heavy atom. The molecule has 0 saturated carbocycles. The van der Waals surface area contributed by atoms with Gasteiger partial charge in [-0.15, -0.1) is 0 Å². The molecule has 0 aromatic heterocycles. The topological polar surface area (TPSA) is 0 Å². The lowest BCUT2D eigenvalue weighted by Crippen LogP contribution is -1.87. The van der Waals surface area contributed by atoms with Gasteiger partial charge in [-0.2, -0.15) is 0 Å². The van der Waals surface area contributed by atoms with E-state index in [9.17, 15) is 0 Å². The minimum absolute atomic E-state index is 1.26. The Hall–Kier alpha value is -1.04. The summed E-state index contributed by atoms with van der Waals surface area (Å²) >= 11 is 0. The summed E-state index contributed by atoms with van der Waals surface area (Å²) in [6, 6.07) is 4.62. The van der Waals surface area contributed by atoms with E-state index >= 15 is 0 Å². The van der Waals surface area contributed by atoms with Crippen molar-refractivity contribution < 1.29 is 0 Å². The molecule has 0 spiro atoms. The zero-order valence-electron chi connectivity index (χ0n) is 11.6. The summed E-state index contributed by atoms with van der Waals surface area (Å²) in [6.45, 7) is 14.0. The third-order valence-electron chi connectivity index (χ3n) is 2.70. The molecule has 0 amide bonds. The maximum Gasteiger partial charge on any atom is -0.0230 e. The second-order valence-electron chi connectivity index (χ2n) is 3.54. The van der Waals surface area contributed by atoms with E-state index in [-0.39, 0.29) is 0 Å². The van der Waals surface area contributed by atoms with E-state index in [1.807, 2.05) is 33.8 Å². The van der Waals surface area contributed by atoms with Crippen LogP contribution in [0.15, 0.2) is 18.7 Å². The molecule has 2 rings (SSSR count). The summed E-state index contributed by atoms with van der Waals surface area (Å²) in [5.41, 5.74) is 5.76. The molecule has 1 aliphatic rings. The monoisotopic (exact) mass is 218 g/mol. The zero-order chi connectivity index (χ0) is 12.6. The average molecular weight is 218 g/mol. The van der Waals surface area contributed by atoms with Crippen LogP contribution in [0, 0.1) is 6.92 Å². The molecule has 0 saturated heterocycles. The molecule has 0 aliphatic heterocycles. The van der Waals surface area contributed by atoms with Crippen molar-refractivity contribution in [3.8, 4) is 0 Å². The van der Waals surface area contributed by atoms with Crippen LogP contribution in [0.4, 0.5) is 0 Å². The van der Waals surface area contributed by atoms with Gasteiger partial charge in [0.2, 0.25) is 0 Å². The number of benzene rings is 1. The van der Waals surface area contributed by atoms with E-state index in [1.165, 1.54) is 36.0 Å². The van der Waals surface area contributed by atoms with E-state index in [0.29, 0.717) is 0 Å². The Kier molecular flexibility index (Phi) is 7.62. The maximum absolute atomic E-state index is 3.82. The predicted molar refractivity (Wildman–Crippen MR) is 76.0 cm³/mol. The fourth-order valence-electron chi connectivity index (χ4n) is 1.99. The van der Waals surface area contributed by atoms with Gasteiger partial charge < -0.3 is 0 Å². The third kappa shape index (κ3) is 3.52. The van der Waals surface area contributed by atoms with Gasteiger partial charge in [0.25, 0.3) is 0 Å². The van der Waals surface area contributed by atoms with Gasteiger partial charge in [-0.3, -0.25) is 0 Å². The molecular formula is C16H26. The van der Waals surface area contributed by atoms with Gasteiger partial charge in [0, 0.05) is 0 Å². The quantitative estimate of drug-likeness (QED) is 0.609. The summed E-state index contributed by atoms with van der Waals surface area (Å²) in [5.74, 6) is 0. The van der Waals surface area contributed by atoms with Crippen LogP contribution in [0.2, 0.25) is 0 Å². The largest absolute Gasteiger partial charge is 0.0985 e. The van der Waals surface area contributed by atoms with Crippen LogP contribution in [0.3, 0.4) is 0 Å². The Morgan fingerprint density at radius 2 is 1.50 bits per heavy atom. The first-order chi connectivity index (χ1) is 7.81. The van der Waals surface area contributed by atoms with Gasteiger partial charge in [0.1, 0.15) is 0 Å². The summed E-state index contributed by atoms with van der Waals surface area (Å²) in [6.07, 6.45) is 5.81. The summed E-state index contributed by atoms with van der Waals surface area (Å²) in [7, 11) is 0. The minimum atomic E-state index is 1.26. The maximum atomic E-state index is 3.82. The van der Waals surface area contributed by atoms with Gasteiger partial charge >= 0.3 is 0 Å². The lowest BCUT2D eigenvalue weighted by atomic mass is 10.0. The van der Waals surface area contributed by atoms with Crippen molar-refractivity contribution in [1.29, 1.82) is 0 Å². The fraction of sp³-hybridized carbons (Fsp3) is 0.500. The van der Waals surface area contributed by atoms with Crippen molar-refractivity contribution in [2.45, 2.75) is 53.9 Å². The van der Waals surface area contributed by atoms with Gasteiger partial charge in [-0.05, 0) is 48.4 Å². The number of aryl methyl sites for hydroxylation is 3. The molecule has 0 atom stereocenters. The zero-order valence-corrected chi connectivity index (χ0v) is 11.6. The molecule has 1 aliphatic carbocycles. The third-order valence-corrected chi connectivity index (χ3v) is 2.70. The predicted octanol–water partition coefficient (Wildman–Crippen LogP) is 5.18. The van der Waals surface area contributed by atoms with Crippen LogP contribution in [-0.2, 0) is 12.8 Å². The molecule has 1 aromatic carbocycles. The molecule has 0 heteroatoms. The van der Waals surface area contributed by atoms with Crippen molar-refractivity contribution in [2.75, 3.05) is 0 Å². The van der Waals surface area contributed by atoms with Crippen molar-refractivity contribution in [2.24, 2.45) is 0 Å². The Bertz CT molecular complexity index is 321. The normalized spacial score (nSPS) is 11.6. The van der Waals surface area contributed by atoms with E-state index in [4.69, 9.17) is 0 Å². The van der Waals surface area contributed by atoms with Gasteiger partial charge in [-0.1, -0.05) is 52.5 Å². The SMILES string of the molecule is C=Cc1cc2c(cc1C)CCC2.CC.CC. The number of hydrogen-bond acceptors (Lipinski definition) is 0. The van der Waals surface area contributed by atoms with E-state index in [2.05, 4.69) is 25.6 Å². The van der Waals surface area contributed by atoms with Crippen LogP contribution in [0.5, 0.6) is 0 Å². The highest BCUT2D eigenvalue weighted by Crippen LogP contribution is 2.25. The van der Waals surface area contributed by atoms with E-state index < -0.39 is 0 Å². The van der Waals surface area contributed by atoms with Crippen molar-refractivity contribution >= 4 is 6.08 Å². The molecule has 0 N–H and O–H groups in total. The molecule has 0 radical (unpaired) electrons. The Labute approximate surface area is 101 Å². The molecule has 1 aromatic rings. The molecule has 0 unspecified atom stereocenters. The van der Waals surface area contributed by atoms with Gasteiger partial charge in [0.15, 0.2) is 0 Å². The van der Waals surface area contributed by atoms with Crippen LogP contribution < -0.4 is 0 Å². The van der Waals surface area contributed by atoms with Crippen LogP contribution >= 0.6 is 0 Å². The van der Waals surface area contributed by atoms with Crippen molar-refractivity contribution in [1.82, 2.24) is 0 Å². The highest BCUT2D eigenvalue weighted by molar-refractivity contribution is 5.55. The highest BCUT2D eigenvalue weighted by Gasteiger charge is 2.11. The lowest BCUT2D eigenvalue weighted by molar-refractivity contribution is 0.911. The molecule has 16 heavy (non-hydrogen) atoms. The molecule has 0 heterocycles. The Balaban J connectivity index is 0.000000509. The Morgan fingerprint density at radius 1 is 1.00 bits per heavy atom. The van der Waals surface area contributed by atoms with Crippen molar-refractivity contribution in [3.63, 3.8) is 0 Å². The average Bonchev–Trinajstić information content (AvgIpc) is 2.80. The summed E-state index contributed by atoms with van der Waals surface area (Å²) in [5, 5.41) is 0. The summed E-state index contributed by atoms with van der Waals surface area (Å²) in [4.78, 5) is 0. The fourth-order valence-corrected chi connectivity index (χ4v) is 1.99. The number of hydrogen-bond donors (Lipinski definition) is 0. The summed E-state index contributed by atoms with van der Waals surface area (Å²) < 4.78 is 0. The second kappa shape index (κ2) is 8.15. The molecular weight excluding hydrogens is 192 g/mol. The molecule has 90 valence electrons. The van der Waals surface area contributed by atoms with Crippen LogP contribution in [0.25, 0.3) is 6.08 Å².